The van der Waals surface area contributed by atoms with Gasteiger partial charge in [-0.15, -0.1) is 0 Å². The second-order valence-corrected chi connectivity index (χ2v) is 9.70. The van der Waals surface area contributed by atoms with Crippen LogP contribution in [0, 0.1) is 0 Å². The van der Waals surface area contributed by atoms with Crippen LogP contribution in [0.25, 0.3) is 11.1 Å². The van der Waals surface area contributed by atoms with Gasteiger partial charge in [0.05, 0.1) is 26.3 Å². The Labute approximate surface area is 221 Å². The van der Waals surface area contributed by atoms with Crippen LogP contribution < -0.4 is 25.2 Å². The van der Waals surface area contributed by atoms with Crippen LogP contribution in [0.1, 0.15) is 21.5 Å². The largest absolute Gasteiger partial charge is 0.497 e. The van der Waals surface area contributed by atoms with E-state index < -0.39 is 40.6 Å². The van der Waals surface area contributed by atoms with Crippen molar-refractivity contribution in [2.45, 2.75) is 24.0 Å². The molecule has 0 atom stereocenters. The third-order valence-corrected chi connectivity index (χ3v) is 6.48. The highest BCUT2D eigenvalue weighted by molar-refractivity contribution is 7.89. The van der Waals surface area contributed by atoms with E-state index in [2.05, 4.69) is 10.6 Å². The van der Waals surface area contributed by atoms with Gasteiger partial charge in [0.25, 0.3) is 12.3 Å². The monoisotopic (exact) mass is 573 g/mol. The summed E-state index contributed by atoms with van der Waals surface area (Å²) in [5, 5.41) is 10.2. The van der Waals surface area contributed by atoms with E-state index in [9.17, 15) is 35.2 Å². The van der Waals surface area contributed by atoms with E-state index >= 15 is 0 Å². The average Bonchev–Trinajstić information content (AvgIpc) is 2.87. The number of carbonyl (C=O) groups is 1. The molecule has 3 aromatic carbocycles. The molecule has 8 nitrogen and oxygen atoms in total. The Hall–Kier alpha value is -3.75. The van der Waals surface area contributed by atoms with Gasteiger partial charge < -0.3 is 20.1 Å². The number of amides is 1. The van der Waals surface area contributed by atoms with Crippen LogP contribution in [0.3, 0.4) is 0 Å². The topological polar surface area (TPSA) is 120 Å². The number of hydrogen-bond acceptors (Lipinski definition) is 6. The standard InChI is InChI=1S/C25H24F5N3O5S/c1-37-17-5-7-19(20(11-17)25(28,29)30)18-6-4-16(9-15(18)12-32-13-23(26)27)33-24(34)14-3-8-22(39(31,35)36)21(10-14)38-2/h3-11,23,32H,12-13H2,1-2H3,(H,33,34)(H2,31,35,36). The maximum atomic E-state index is 13.9. The molecule has 210 valence electrons. The zero-order valence-corrected chi connectivity index (χ0v) is 21.4. The van der Waals surface area contributed by atoms with E-state index in [1.807, 2.05) is 0 Å². The molecule has 0 aromatic heterocycles. The van der Waals surface area contributed by atoms with Gasteiger partial charge in [-0.05, 0) is 59.2 Å². The Bertz CT molecular complexity index is 1460. The molecular formula is C25H24F5N3O5S. The molecule has 14 heteroatoms. The molecule has 0 aliphatic heterocycles. The van der Waals surface area contributed by atoms with Gasteiger partial charge in [-0.3, -0.25) is 4.79 Å². The van der Waals surface area contributed by atoms with Crippen molar-refractivity contribution in [3.63, 3.8) is 0 Å². The van der Waals surface area contributed by atoms with Gasteiger partial charge in [0, 0.05) is 17.8 Å². The predicted molar refractivity (Wildman–Crippen MR) is 133 cm³/mol. The number of halogens is 5. The lowest BCUT2D eigenvalue weighted by Gasteiger charge is -2.18. The fourth-order valence-electron chi connectivity index (χ4n) is 3.76. The molecule has 0 aliphatic carbocycles. The van der Waals surface area contributed by atoms with Crippen LogP contribution in [-0.2, 0) is 22.7 Å². The van der Waals surface area contributed by atoms with E-state index in [0.717, 1.165) is 18.2 Å². The van der Waals surface area contributed by atoms with Gasteiger partial charge in [-0.2, -0.15) is 13.2 Å². The number of nitrogens with two attached hydrogens (primary N) is 1. The van der Waals surface area contributed by atoms with Crippen molar-refractivity contribution in [3.05, 3.63) is 71.3 Å². The third-order valence-electron chi connectivity index (χ3n) is 5.53. The number of rotatable bonds is 10. The highest BCUT2D eigenvalue weighted by Gasteiger charge is 2.34. The quantitative estimate of drug-likeness (QED) is 0.304. The van der Waals surface area contributed by atoms with Crippen molar-refractivity contribution in [2.24, 2.45) is 5.14 Å². The minimum absolute atomic E-state index is 0.00443. The Morgan fingerprint density at radius 1 is 0.974 bits per heavy atom. The molecular weight excluding hydrogens is 549 g/mol. The minimum atomic E-state index is -4.74. The van der Waals surface area contributed by atoms with Crippen molar-refractivity contribution in [2.75, 3.05) is 26.1 Å². The summed E-state index contributed by atoms with van der Waals surface area (Å²) in [4.78, 5) is 12.5. The predicted octanol–water partition coefficient (Wildman–Crippen LogP) is 4.64. The molecule has 0 spiro atoms. The molecule has 0 radical (unpaired) electrons. The van der Waals surface area contributed by atoms with E-state index in [1.165, 1.54) is 50.6 Å². The molecule has 0 bridgehead atoms. The number of nitrogens with one attached hydrogen (secondary N) is 2. The normalized spacial score (nSPS) is 11.9. The lowest BCUT2D eigenvalue weighted by molar-refractivity contribution is -0.137. The van der Waals surface area contributed by atoms with E-state index in [4.69, 9.17) is 14.6 Å². The Kier molecular flexibility index (Phi) is 9.14. The summed E-state index contributed by atoms with van der Waals surface area (Å²) >= 11 is 0. The lowest BCUT2D eigenvalue weighted by Crippen LogP contribution is -2.21. The maximum absolute atomic E-state index is 13.9. The summed E-state index contributed by atoms with van der Waals surface area (Å²) in [7, 11) is -1.70. The summed E-state index contributed by atoms with van der Waals surface area (Å²) in [5.41, 5.74) is -0.756. The summed E-state index contributed by atoms with van der Waals surface area (Å²) in [6.45, 7) is -0.940. The van der Waals surface area contributed by atoms with Gasteiger partial charge in [0.15, 0.2) is 0 Å². The number of alkyl halides is 5. The SMILES string of the molecule is COc1ccc(-c2ccc(NC(=O)c3ccc(S(N)(=O)=O)c(OC)c3)cc2CNCC(F)F)c(C(F)(F)F)c1. The van der Waals surface area contributed by atoms with Crippen molar-refractivity contribution < 1.29 is 44.6 Å². The van der Waals surface area contributed by atoms with Crippen LogP contribution in [0.4, 0.5) is 27.6 Å². The van der Waals surface area contributed by atoms with E-state index in [-0.39, 0.29) is 50.9 Å². The first-order chi connectivity index (χ1) is 18.2. The van der Waals surface area contributed by atoms with Crippen LogP contribution in [0.2, 0.25) is 0 Å². The maximum Gasteiger partial charge on any atom is 0.417 e. The zero-order chi connectivity index (χ0) is 29.0. The van der Waals surface area contributed by atoms with Crippen LogP contribution >= 0.6 is 0 Å². The highest BCUT2D eigenvalue weighted by Crippen LogP contribution is 2.40. The van der Waals surface area contributed by atoms with Gasteiger partial charge in [0.1, 0.15) is 16.4 Å². The molecule has 0 aliphatic rings. The van der Waals surface area contributed by atoms with Crippen LogP contribution in [0.15, 0.2) is 59.5 Å². The van der Waals surface area contributed by atoms with Gasteiger partial charge in [-0.1, -0.05) is 12.1 Å². The number of anilines is 1. The lowest BCUT2D eigenvalue weighted by atomic mass is 9.94. The molecule has 0 heterocycles. The number of benzene rings is 3. The number of sulfonamides is 1. The minimum Gasteiger partial charge on any atom is -0.497 e. The van der Waals surface area contributed by atoms with Crippen LogP contribution in [0.5, 0.6) is 11.5 Å². The molecule has 4 N–H and O–H groups in total. The second kappa shape index (κ2) is 12.0. The highest BCUT2D eigenvalue weighted by atomic mass is 32.2. The zero-order valence-electron chi connectivity index (χ0n) is 20.6. The Morgan fingerprint density at radius 3 is 2.26 bits per heavy atom. The third kappa shape index (κ3) is 7.43. The summed E-state index contributed by atoms with van der Waals surface area (Å²) < 4.78 is 100. The molecule has 39 heavy (non-hydrogen) atoms. The molecule has 0 saturated heterocycles. The molecule has 0 saturated carbocycles. The number of hydrogen-bond donors (Lipinski definition) is 3. The van der Waals surface area contributed by atoms with Crippen molar-refractivity contribution in [1.82, 2.24) is 5.32 Å². The van der Waals surface area contributed by atoms with E-state index in [1.54, 1.807) is 0 Å². The van der Waals surface area contributed by atoms with Crippen LogP contribution in [-0.4, -0.2) is 41.5 Å². The Morgan fingerprint density at radius 2 is 1.67 bits per heavy atom. The average molecular weight is 574 g/mol. The van der Waals surface area contributed by atoms with Gasteiger partial charge >= 0.3 is 6.18 Å². The summed E-state index contributed by atoms with van der Waals surface area (Å²) in [5.74, 6) is -0.887. The first-order valence-electron chi connectivity index (χ1n) is 11.1. The smallest absolute Gasteiger partial charge is 0.417 e. The first kappa shape index (κ1) is 29.8. The number of ether oxygens (including phenoxy) is 2. The van der Waals surface area contributed by atoms with Gasteiger partial charge in [0.2, 0.25) is 10.0 Å². The number of carbonyl (C=O) groups excluding carboxylic acids is 1. The molecule has 3 rings (SSSR count). The first-order valence-corrected chi connectivity index (χ1v) is 12.7. The van der Waals surface area contributed by atoms with E-state index in [0.29, 0.717) is 0 Å². The fraction of sp³-hybridized carbons (Fsp3) is 0.240. The van der Waals surface area contributed by atoms with Crippen molar-refractivity contribution in [3.8, 4) is 22.6 Å². The molecule has 3 aromatic rings. The molecule has 1 amide bonds. The number of primary sulfonamides is 1. The summed E-state index contributed by atoms with van der Waals surface area (Å²) in [6.07, 6.45) is -7.44. The molecule has 0 fully saturated rings. The van der Waals surface area contributed by atoms with Crippen molar-refractivity contribution >= 4 is 21.6 Å². The number of methoxy groups -OCH3 is 2. The second-order valence-electron chi connectivity index (χ2n) is 8.17. The Balaban J connectivity index is 2.01. The summed E-state index contributed by atoms with van der Waals surface area (Å²) in [6, 6.07) is 10.9. The van der Waals surface area contributed by atoms with Gasteiger partial charge in [-0.25, -0.2) is 22.3 Å². The molecule has 0 unspecified atom stereocenters. The van der Waals surface area contributed by atoms with Crippen molar-refractivity contribution in [1.29, 1.82) is 0 Å². The fourth-order valence-corrected chi connectivity index (χ4v) is 4.44.